The summed E-state index contributed by atoms with van der Waals surface area (Å²) in [6.07, 6.45) is 1.76. The maximum absolute atomic E-state index is 13.2. The predicted molar refractivity (Wildman–Crippen MR) is 71.6 cm³/mol. The van der Waals surface area contributed by atoms with Gasteiger partial charge in [-0.1, -0.05) is 12.1 Å². The molecule has 0 saturated heterocycles. The first-order valence-electron chi connectivity index (χ1n) is 5.90. The average Bonchev–Trinajstić information content (AvgIpc) is 2.27. The molecule has 0 spiro atoms. The number of aromatic nitrogens is 1. The smallest absolute Gasteiger partial charge is 0.123 e. The molecule has 0 bridgehead atoms. The molecular formula is C15H17FN2. The zero-order valence-corrected chi connectivity index (χ0v) is 10.9. The molecule has 1 aromatic heterocycles. The van der Waals surface area contributed by atoms with E-state index in [1.165, 1.54) is 12.1 Å². The van der Waals surface area contributed by atoms with Crippen LogP contribution in [0.1, 0.15) is 25.1 Å². The van der Waals surface area contributed by atoms with Crippen molar-refractivity contribution in [1.29, 1.82) is 0 Å². The van der Waals surface area contributed by atoms with Gasteiger partial charge in [0.1, 0.15) is 5.82 Å². The molecule has 0 radical (unpaired) electrons. The van der Waals surface area contributed by atoms with E-state index in [1.54, 1.807) is 12.3 Å². The number of rotatable bonds is 2. The Labute approximate surface area is 107 Å². The Bertz CT molecular complexity index is 571. The fourth-order valence-electron chi connectivity index (χ4n) is 1.87. The van der Waals surface area contributed by atoms with Gasteiger partial charge in [-0.2, -0.15) is 0 Å². The fraction of sp³-hybridized carbons (Fsp3) is 0.267. The summed E-state index contributed by atoms with van der Waals surface area (Å²) in [5.41, 5.74) is 9.20. The topological polar surface area (TPSA) is 38.9 Å². The summed E-state index contributed by atoms with van der Waals surface area (Å²) < 4.78 is 13.2. The van der Waals surface area contributed by atoms with Crippen LogP contribution < -0.4 is 5.73 Å². The van der Waals surface area contributed by atoms with E-state index in [9.17, 15) is 4.39 Å². The molecule has 1 heterocycles. The molecule has 2 rings (SSSR count). The van der Waals surface area contributed by atoms with Crippen LogP contribution in [0.3, 0.4) is 0 Å². The van der Waals surface area contributed by atoms with Gasteiger partial charge in [0.25, 0.3) is 0 Å². The summed E-state index contributed by atoms with van der Waals surface area (Å²) in [5, 5.41) is 0. The number of benzene rings is 1. The number of nitrogens with two attached hydrogens (primary N) is 1. The zero-order chi connectivity index (χ0) is 13.3. The molecule has 0 aliphatic rings. The zero-order valence-electron chi connectivity index (χ0n) is 10.9. The SMILES string of the molecule is Cc1cc(C(C)(C)N)ncc1-c1cccc(F)c1. The van der Waals surface area contributed by atoms with Gasteiger partial charge in [0, 0.05) is 11.8 Å². The molecule has 94 valence electrons. The van der Waals surface area contributed by atoms with E-state index in [-0.39, 0.29) is 5.82 Å². The molecule has 1 aromatic carbocycles. The van der Waals surface area contributed by atoms with Gasteiger partial charge in [-0.25, -0.2) is 4.39 Å². The molecule has 0 saturated carbocycles. The molecule has 0 aliphatic carbocycles. The molecule has 2 N–H and O–H groups in total. The Kier molecular flexibility index (Phi) is 3.18. The van der Waals surface area contributed by atoms with Gasteiger partial charge in [0.2, 0.25) is 0 Å². The summed E-state index contributed by atoms with van der Waals surface area (Å²) >= 11 is 0. The third kappa shape index (κ3) is 2.57. The predicted octanol–water partition coefficient (Wildman–Crippen LogP) is 3.39. The van der Waals surface area contributed by atoms with E-state index >= 15 is 0 Å². The van der Waals surface area contributed by atoms with Crippen molar-refractivity contribution >= 4 is 0 Å². The summed E-state index contributed by atoms with van der Waals surface area (Å²) in [4.78, 5) is 4.37. The lowest BCUT2D eigenvalue weighted by atomic mass is 9.96. The van der Waals surface area contributed by atoms with Crippen LogP contribution in [-0.4, -0.2) is 4.98 Å². The first-order valence-corrected chi connectivity index (χ1v) is 5.90. The molecule has 2 aromatic rings. The van der Waals surface area contributed by atoms with Crippen LogP contribution in [0.2, 0.25) is 0 Å². The van der Waals surface area contributed by atoms with E-state index < -0.39 is 5.54 Å². The highest BCUT2D eigenvalue weighted by Crippen LogP contribution is 2.25. The molecule has 18 heavy (non-hydrogen) atoms. The molecule has 0 atom stereocenters. The second-order valence-corrected chi connectivity index (χ2v) is 5.12. The Morgan fingerprint density at radius 3 is 2.50 bits per heavy atom. The molecule has 0 aliphatic heterocycles. The van der Waals surface area contributed by atoms with Crippen LogP contribution in [-0.2, 0) is 5.54 Å². The second-order valence-electron chi connectivity index (χ2n) is 5.12. The first kappa shape index (κ1) is 12.7. The number of hydrogen-bond acceptors (Lipinski definition) is 2. The molecule has 2 nitrogen and oxygen atoms in total. The lowest BCUT2D eigenvalue weighted by Gasteiger charge is -2.19. The van der Waals surface area contributed by atoms with Gasteiger partial charge in [0.15, 0.2) is 0 Å². The van der Waals surface area contributed by atoms with Crippen molar-refractivity contribution in [1.82, 2.24) is 4.98 Å². The highest BCUT2D eigenvalue weighted by Gasteiger charge is 2.17. The van der Waals surface area contributed by atoms with Crippen molar-refractivity contribution in [3.8, 4) is 11.1 Å². The van der Waals surface area contributed by atoms with Gasteiger partial charge in [-0.3, -0.25) is 4.98 Å². The standard InChI is InChI=1S/C15H17FN2/c1-10-7-14(15(2,3)17)18-9-13(10)11-5-4-6-12(16)8-11/h4-9H,17H2,1-3H3. The van der Waals surface area contributed by atoms with Gasteiger partial charge >= 0.3 is 0 Å². The van der Waals surface area contributed by atoms with Crippen molar-refractivity contribution < 1.29 is 4.39 Å². The van der Waals surface area contributed by atoms with E-state index in [0.29, 0.717) is 0 Å². The van der Waals surface area contributed by atoms with Crippen LogP contribution in [0.5, 0.6) is 0 Å². The molecule has 0 fully saturated rings. The Hall–Kier alpha value is -1.74. The third-order valence-electron chi connectivity index (χ3n) is 2.91. The minimum absolute atomic E-state index is 0.241. The number of nitrogens with zero attached hydrogens (tertiary/aromatic N) is 1. The van der Waals surface area contributed by atoms with E-state index in [2.05, 4.69) is 4.98 Å². The van der Waals surface area contributed by atoms with Crippen LogP contribution >= 0.6 is 0 Å². The van der Waals surface area contributed by atoms with Gasteiger partial charge in [0.05, 0.1) is 11.2 Å². The van der Waals surface area contributed by atoms with E-state index in [4.69, 9.17) is 5.73 Å². The van der Waals surface area contributed by atoms with Crippen molar-refractivity contribution in [2.75, 3.05) is 0 Å². The number of pyridine rings is 1. The fourth-order valence-corrected chi connectivity index (χ4v) is 1.87. The van der Waals surface area contributed by atoms with Crippen LogP contribution in [0.4, 0.5) is 4.39 Å². The average molecular weight is 244 g/mol. The summed E-state index contributed by atoms with van der Waals surface area (Å²) in [6.45, 7) is 5.81. The largest absolute Gasteiger partial charge is 0.321 e. The van der Waals surface area contributed by atoms with Gasteiger partial charge in [-0.15, -0.1) is 0 Å². The lowest BCUT2D eigenvalue weighted by molar-refractivity contribution is 0.535. The minimum Gasteiger partial charge on any atom is -0.321 e. The minimum atomic E-state index is -0.467. The van der Waals surface area contributed by atoms with Crippen molar-refractivity contribution in [2.45, 2.75) is 26.3 Å². The van der Waals surface area contributed by atoms with Crippen LogP contribution in [0.25, 0.3) is 11.1 Å². The van der Waals surface area contributed by atoms with E-state index in [1.807, 2.05) is 32.9 Å². The summed E-state index contributed by atoms with van der Waals surface area (Å²) in [7, 11) is 0. The van der Waals surface area contributed by atoms with E-state index in [0.717, 1.165) is 22.4 Å². The molecule has 0 amide bonds. The summed E-state index contributed by atoms with van der Waals surface area (Å²) in [6, 6.07) is 8.48. The maximum atomic E-state index is 13.2. The monoisotopic (exact) mass is 244 g/mol. The number of aryl methyl sites for hydroxylation is 1. The van der Waals surface area contributed by atoms with Crippen LogP contribution in [0, 0.1) is 12.7 Å². The summed E-state index contributed by atoms with van der Waals surface area (Å²) in [5.74, 6) is -0.241. The molecular weight excluding hydrogens is 227 g/mol. The molecule has 0 unspecified atom stereocenters. The maximum Gasteiger partial charge on any atom is 0.123 e. The first-order chi connectivity index (χ1) is 8.38. The van der Waals surface area contributed by atoms with Gasteiger partial charge in [-0.05, 0) is 50.1 Å². The third-order valence-corrected chi connectivity index (χ3v) is 2.91. The highest BCUT2D eigenvalue weighted by atomic mass is 19.1. The Balaban J connectivity index is 2.48. The van der Waals surface area contributed by atoms with Gasteiger partial charge < -0.3 is 5.73 Å². The Morgan fingerprint density at radius 2 is 1.94 bits per heavy atom. The van der Waals surface area contributed by atoms with Crippen LogP contribution in [0.15, 0.2) is 36.5 Å². The lowest BCUT2D eigenvalue weighted by Crippen LogP contribution is -2.29. The van der Waals surface area contributed by atoms with Crippen molar-refractivity contribution in [2.24, 2.45) is 5.73 Å². The number of hydrogen-bond donors (Lipinski definition) is 1. The van der Waals surface area contributed by atoms with Crippen molar-refractivity contribution in [3.63, 3.8) is 0 Å². The second kappa shape index (κ2) is 4.50. The number of halogens is 1. The highest BCUT2D eigenvalue weighted by molar-refractivity contribution is 5.66. The normalized spacial score (nSPS) is 11.6. The quantitative estimate of drug-likeness (QED) is 0.879. The Morgan fingerprint density at radius 1 is 1.22 bits per heavy atom. The molecule has 3 heteroatoms. The van der Waals surface area contributed by atoms with Crippen molar-refractivity contribution in [3.05, 3.63) is 53.6 Å².